The van der Waals surface area contributed by atoms with Crippen LogP contribution in [0.15, 0.2) is 48.7 Å². The number of hydrogen-bond acceptors (Lipinski definition) is 6. The minimum atomic E-state index is -0.625. The van der Waals surface area contributed by atoms with Crippen molar-refractivity contribution in [2.45, 2.75) is 0 Å². The average molecular weight is 460 g/mol. The molecule has 1 aliphatic heterocycles. The lowest BCUT2D eigenvalue weighted by atomic mass is 9.97. The van der Waals surface area contributed by atoms with Gasteiger partial charge in [-0.25, -0.2) is 4.39 Å². The number of ether oxygens (including phenoxy) is 1. The van der Waals surface area contributed by atoms with Crippen LogP contribution in [0.2, 0.25) is 0 Å². The van der Waals surface area contributed by atoms with E-state index in [1.807, 2.05) is 11.0 Å². The summed E-state index contributed by atoms with van der Waals surface area (Å²) in [7, 11) is 1.46. The molecule has 2 aromatic heterocycles. The molecule has 0 atom stereocenters. The molecule has 172 valence electrons. The first kappa shape index (κ1) is 21.4. The zero-order valence-corrected chi connectivity index (χ0v) is 18.3. The number of methoxy groups -OCH3 is 1. The van der Waals surface area contributed by atoms with Gasteiger partial charge in [0.15, 0.2) is 0 Å². The Morgan fingerprint density at radius 1 is 1.21 bits per heavy atom. The first-order chi connectivity index (χ1) is 16.5. The highest BCUT2D eigenvalue weighted by atomic mass is 19.1. The third-order valence-electron chi connectivity index (χ3n) is 5.82. The van der Waals surface area contributed by atoms with E-state index in [2.05, 4.69) is 20.5 Å². The number of H-pyrrole nitrogens is 1. The molecule has 34 heavy (non-hydrogen) atoms. The second-order valence-electron chi connectivity index (χ2n) is 7.84. The van der Waals surface area contributed by atoms with Crippen LogP contribution in [-0.4, -0.2) is 53.7 Å². The van der Waals surface area contributed by atoms with Crippen molar-refractivity contribution >= 4 is 28.4 Å². The summed E-state index contributed by atoms with van der Waals surface area (Å²) in [6.45, 7) is 1.17. The third kappa shape index (κ3) is 3.58. The van der Waals surface area contributed by atoms with Gasteiger partial charge in [0.1, 0.15) is 17.3 Å². The standard InChI is InChI=1S/C24H21FN6O3/c1-34-19-7-3-5-15(25)22(19)16-10-14-17(11-28-16)29-30-23(14)21-13(24(26)33)4-2-6-18(21)31-9-8-27-20(32)12-31/h2-7,10-11H,8-9,12H2,1H3,(H2,26,33)(H,27,32)(H,29,30). The van der Waals surface area contributed by atoms with Gasteiger partial charge in [-0.3, -0.25) is 19.7 Å². The SMILES string of the molecule is COc1cccc(F)c1-c1cc2c(-c3c(C(N)=O)cccc3N3CCNC(=O)C3)n[nH]c2cn1. The van der Waals surface area contributed by atoms with Gasteiger partial charge in [-0.1, -0.05) is 12.1 Å². The molecule has 3 heterocycles. The van der Waals surface area contributed by atoms with E-state index in [9.17, 15) is 14.0 Å². The maximum atomic E-state index is 14.7. The number of nitrogens with one attached hydrogen (secondary N) is 2. The van der Waals surface area contributed by atoms with Crippen molar-refractivity contribution in [3.63, 3.8) is 0 Å². The number of carbonyl (C=O) groups excluding carboxylic acids is 2. The van der Waals surface area contributed by atoms with Crippen molar-refractivity contribution in [2.75, 3.05) is 31.6 Å². The molecule has 2 aromatic carbocycles. The summed E-state index contributed by atoms with van der Waals surface area (Å²) in [4.78, 5) is 30.7. The van der Waals surface area contributed by atoms with Crippen molar-refractivity contribution in [3.05, 3.63) is 60.0 Å². The van der Waals surface area contributed by atoms with E-state index in [4.69, 9.17) is 10.5 Å². The molecule has 5 rings (SSSR count). The predicted octanol–water partition coefficient (Wildman–Crippen LogP) is 2.47. The van der Waals surface area contributed by atoms with Crippen LogP contribution in [0.25, 0.3) is 33.4 Å². The number of anilines is 1. The van der Waals surface area contributed by atoms with Gasteiger partial charge < -0.3 is 20.7 Å². The van der Waals surface area contributed by atoms with Crippen LogP contribution in [0.3, 0.4) is 0 Å². The number of benzene rings is 2. The summed E-state index contributed by atoms with van der Waals surface area (Å²) in [6, 6.07) is 11.4. The van der Waals surface area contributed by atoms with E-state index in [0.29, 0.717) is 52.4 Å². The summed E-state index contributed by atoms with van der Waals surface area (Å²) in [5, 5.41) is 10.8. The Hall–Kier alpha value is -4.47. The summed E-state index contributed by atoms with van der Waals surface area (Å²) in [5.74, 6) is -0.880. The first-order valence-electron chi connectivity index (χ1n) is 10.6. The molecule has 0 bridgehead atoms. The Morgan fingerprint density at radius 2 is 2.03 bits per heavy atom. The van der Waals surface area contributed by atoms with Crippen LogP contribution in [0.4, 0.5) is 10.1 Å². The highest BCUT2D eigenvalue weighted by molar-refractivity contribution is 6.08. The van der Waals surface area contributed by atoms with Gasteiger partial charge in [0, 0.05) is 29.7 Å². The van der Waals surface area contributed by atoms with E-state index >= 15 is 0 Å². The van der Waals surface area contributed by atoms with E-state index < -0.39 is 11.7 Å². The van der Waals surface area contributed by atoms with Gasteiger partial charge in [0.25, 0.3) is 0 Å². The number of hydrogen-bond donors (Lipinski definition) is 3. The van der Waals surface area contributed by atoms with Crippen molar-refractivity contribution in [1.29, 1.82) is 0 Å². The Morgan fingerprint density at radius 3 is 2.79 bits per heavy atom. The fourth-order valence-electron chi connectivity index (χ4n) is 4.27. The Labute approximate surface area is 193 Å². The lowest BCUT2D eigenvalue weighted by Crippen LogP contribution is -2.48. The molecule has 4 N–H and O–H groups in total. The number of amides is 2. The number of piperazine rings is 1. The number of carbonyl (C=O) groups is 2. The zero-order valence-electron chi connectivity index (χ0n) is 18.3. The van der Waals surface area contributed by atoms with Gasteiger partial charge in [0.2, 0.25) is 11.8 Å². The number of aromatic nitrogens is 3. The minimum Gasteiger partial charge on any atom is -0.496 e. The van der Waals surface area contributed by atoms with E-state index in [-0.39, 0.29) is 23.6 Å². The van der Waals surface area contributed by atoms with Crippen molar-refractivity contribution in [3.8, 4) is 28.3 Å². The molecule has 2 amide bonds. The van der Waals surface area contributed by atoms with E-state index in [1.165, 1.54) is 13.2 Å². The Balaban J connectivity index is 1.74. The van der Waals surface area contributed by atoms with Gasteiger partial charge in [-0.05, 0) is 30.3 Å². The Bertz CT molecular complexity index is 1430. The van der Waals surface area contributed by atoms with Crippen LogP contribution < -0.4 is 20.7 Å². The van der Waals surface area contributed by atoms with Crippen LogP contribution in [-0.2, 0) is 4.79 Å². The second-order valence-corrected chi connectivity index (χ2v) is 7.84. The van der Waals surface area contributed by atoms with Crippen LogP contribution in [0.5, 0.6) is 5.75 Å². The van der Waals surface area contributed by atoms with Gasteiger partial charge >= 0.3 is 0 Å². The molecule has 10 heteroatoms. The number of aromatic amines is 1. The Kier molecular flexibility index (Phi) is 5.33. The van der Waals surface area contributed by atoms with Crippen LogP contribution >= 0.6 is 0 Å². The monoisotopic (exact) mass is 460 g/mol. The zero-order chi connectivity index (χ0) is 23.8. The summed E-state index contributed by atoms with van der Waals surface area (Å²) in [6.07, 6.45) is 1.55. The fraction of sp³-hybridized carbons (Fsp3) is 0.167. The summed E-state index contributed by atoms with van der Waals surface area (Å²) < 4.78 is 20.1. The molecule has 4 aromatic rings. The number of pyridine rings is 1. The number of nitrogens with zero attached hydrogens (tertiary/aromatic N) is 3. The number of primary amides is 1. The molecule has 0 saturated carbocycles. The topological polar surface area (TPSA) is 126 Å². The second kappa shape index (κ2) is 8.47. The highest BCUT2D eigenvalue weighted by Crippen LogP contribution is 2.39. The third-order valence-corrected chi connectivity index (χ3v) is 5.82. The first-order valence-corrected chi connectivity index (χ1v) is 10.6. The minimum absolute atomic E-state index is 0.119. The quantitative estimate of drug-likeness (QED) is 0.420. The summed E-state index contributed by atoms with van der Waals surface area (Å²) >= 11 is 0. The summed E-state index contributed by atoms with van der Waals surface area (Å²) in [5.41, 5.74) is 8.73. The number of rotatable bonds is 5. The smallest absolute Gasteiger partial charge is 0.249 e. The van der Waals surface area contributed by atoms with Crippen molar-refractivity contribution < 1.29 is 18.7 Å². The molecule has 1 saturated heterocycles. The fourth-order valence-corrected chi connectivity index (χ4v) is 4.27. The molecule has 0 radical (unpaired) electrons. The molecular weight excluding hydrogens is 439 g/mol. The maximum absolute atomic E-state index is 14.7. The predicted molar refractivity (Wildman–Crippen MR) is 125 cm³/mol. The van der Waals surface area contributed by atoms with Crippen LogP contribution in [0, 0.1) is 5.82 Å². The highest BCUT2D eigenvalue weighted by Gasteiger charge is 2.26. The van der Waals surface area contributed by atoms with Gasteiger partial charge in [-0.15, -0.1) is 0 Å². The average Bonchev–Trinajstić information content (AvgIpc) is 3.26. The molecule has 0 aliphatic carbocycles. The maximum Gasteiger partial charge on any atom is 0.249 e. The molecule has 0 unspecified atom stereocenters. The number of nitrogens with two attached hydrogens (primary N) is 1. The molecular formula is C24H21FN6O3. The van der Waals surface area contributed by atoms with Crippen molar-refractivity contribution in [2.24, 2.45) is 5.73 Å². The molecule has 9 nitrogen and oxygen atoms in total. The molecule has 0 spiro atoms. The lowest BCUT2D eigenvalue weighted by Gasteiger charge is -2.30. The number of fused-ring (bicyclic) bond motifs is 1. The van der Waals surface area contributed by atoms with E-state index in [0.717, 1.165) is 0 Å². The normalized spacial score (nSPS) is 13.7. The van der Waals surface area contributed by atoms with Gasteiger partial charge in [0.05, 0.1) is 42.2 Å². The number of halogens is 1. The largest absolute Gasteiger partial charge is 0.496 e. The lowest BCUT2D eigenvalue weighted by molar-refractivity contribution is -0.120. The molecule has 1 aliphatic rings. The van der Waals surface area contributed by atoms with Crippen LogP contribution in [0.1, 0.15) is 10.4 Å². The van der Waals surface area contributed by atoms with Crippen molar-refractivity contribution in [1.82, 2.24) is 20.5 Å². The van der Waals surface area contributed by atoms with Gasteiger partial charge in [-0.2, -0.15) is 5.10 Å². The molecule has 1 fully saturated rings. The van der Waals surface area contributed by atoms with E-state index in [1.54, 1.807) is 36.5 Å².